The van der Waals surface area contributed by atoms with Crippen molar-refractivity contribution >= 4 is 7.14 Å². The third kappa shape index (κ3) is 2.63. The lowest BCUT2D eigenvalue weighted by molar-refractivity contribution is 0.403. The second-order valence-corrected chi connectivity index (χ2v) is 7.60. The zero-order valence-corrected chi connectivity index (χ0v) is 8.73. The Labute approximate surface area is 69.9 Å². The topological polar surface area (TPSA) is 17.1 Å². The highest BCUT2D eigenvalue weighted by atomic mass is 31.2. The van der Waals surface area contributed by atoms with Crippen molar-refractivity contribution in [2.45, 2.75) is 26.7 Å². The van der Waals surface area contributed by atoms with Gasteiger partial charge in [0.15, 0.2) is 0 Å². The average Bonchev–Trinajstić information content (AvgIpc) is 1.83. The summed E-state index contributed by atoms with van der Waals surface area (Å²) < 4.78 is 11.8. The molecule has 66 valence electrons. The van der Waals surface area contributed by atoms with Crippen LogP contribution in [0.5, 0.6) is 0 Å². The van der Waals surface area contributed by atoms with E-state index in [4.69, 9.17) is 0 Å². The summed E-state index contributed by atoms with van der Waals surface area (Å²) in [5.74, 6) is 1.44. The summed E-state index contributed by atoms with van der Waals surface area (Å²) in [5, 5.41) is 0. The smallest absolute Gasteiger partial charge is 0.0853 e. The monoisotopic (exact) mass is 174 g/mol. The fourth-order valence-corrected chi connectivity index (χ4v) is 5.41. The van der Waals surface area contributed by atoms with Crippen LogP contribution in [-0.2, 0) is 4.57 Å². The van der Waals surface area contributed by atoms with Crippen molar-refractivity contribution in [1.29, 1.82) is 0 Å². The van der Waals surface area contributed by atoms with Crippen LogP contribution in [0.25, 0.3) is 0 Å². The van der Waals surface area contributed by atoms with Crippen molar-refractivity contribution in [2.24, 2.45) is 11.8 Å². The van der Waals surface area contributed by atoms with Gasteiger partial charge in [0.2, 0.25) is 0 Å². The van der Waals surface area contributed by atoms with Crippen LogP contribution in [0.4, 0.5) is 0 Å². The van der Waals surface area contributed by atoms with Gasteiger partial charge in [-0.15, -0.1) is 0 Å². The standard InChI is InChI=1S/C9H19OP/c1-4-9-5-8(2)6-11(3,10)7-9/h8-9H,4-7H2,1-3H3. The van der Waals surface area contributed by atoms with Crippen molar-refractivity contribution in [1.82, 2.24) is 0 Å². The SMILES string of the molecule is CCC1CC(C)CP(C)(=O)C1. The first-order chi connectivity index (χ1) is 5.03. The van der Waals surface area contributed by atoms with E-state index in [1.807, 2.05) is 6.66 Å². The highest BCUT2D eigenvalue weighted by Crippen LogP contribution is 2.51. The molecule has 0 radical (unpaired) electrons. The number of hydrogen-bond acceptors (Lipinski definition) is 1. The quantitative estimate of drug-likeness (QED) is 0.558. The molecule has 0 spiro atoms. The van der Waals surface area contributed by atoms with E-state index in [0.717, 1.165) is 18.2 Å². The second kappa shape index (κ2) is 3.31. The van der Waals surface area contributed by atoms with Crippen molar-refractivity contribution in [3.05, 3.63) is 0 Å². The molecule has 0 bridgehead atoms. The molecule has 0 amide bonds. The molecule has 1 aliphatic heterocycles. The van der Waals surface area contributed by atoms with Gasteiger partial charge < -0.3 is 4.57 Å². The molecule has 1 aliphatic rings. The molecular weight excluding hydrogens is 155 g/mol. The fraction of sp³-hybridized carbons (Fsp3) is 1.00. The van der Waals surface area contributed by atoms with E-state index in [2.05, 4.69) is 13.8 Å². The Balaban J connectivity index is 2.58. The number of hydrogen-bond donors (Lipinski definition) is 0. The molecule has 3 atom stereocenters. The average molecular weight is 174 g/mol. The van der Waals surface area contributed by atoms with E-state index in [9.17, 15) is 4.57 Å². The Hall–Kier alpha value is 0.230. The predicted octanol–water partition coefficient (Wildman–Crippen LogP) is 3.05. The van der Waals surface area contributed by atoms with Crippen molar-refractivity contribution in [3.63, 3.8) is 0 Å². The van der Waals surface area contributed by atoms with E-state index < -0.39 is 7.14 Å². The van der Waals surface area contributed by atoms with Crippen LogP contribution in [-0.4, -0.2) is 19.0 Å². The zero-order chi connectivity index (χ0) is 8.48. The summed E-state index contributed by atoms with van der Waals surface area (Å²) in [6, 6.07) is 0. The lowest BCUT2D eigenvalue weighted by Crippen LogP contribution is -2.20. The van der Waals surface area contributed by atoms with E-state index in [1.54, 1.807) is 0 Å². The minimum Gasteiger partial charge on any atom is -0.324 e. The van der Waals surface area contributed by atoms with Crippen LogP contribution in [0.3, 0.4) is 0 Å². The van der Waals surface area contributed by atoms with Gasteiger partial charge in [-0.1, -0.05) is 20.3 Å². The molecule has 1 saturated heterocycles. The molecule has 3 unspecified atom stereocenters. The highest BCUT2D eigenvalue weighted by molar-refractivity contribution is 7.63. The van der Waals surface area contributed by atoms with Gasteiger partial charge in [-0.3, -0.25) is 0 Å². The molecule has 2 heteroatoms. The minimum absolute atomic E-state index is 0.699. The van der Waals surface area contributed by atoms with Gasteiger partial charge in [-0.05, 0) is 24.9 Å². The molecule has 11 heavy (non-hydrogen) atoms. The van der Waals surface area contributed by atoms with Crippen LogP contribution in [0.2, 0.25) is 0 Å². The Morgan fingerprint density at radius 3 is 2.55 bits per heavy atom. The molecule has 0 N–H and O–H groups in total. The van der Waals surface area contributed by atoms with E-state index in [1.165, 1.54) is 12.8 Å². The minimum atomic E-state index is -1.72. The Morgan fingerprint density at radius 2 is 2.09 bits per heavy atom. The summed E-state index contributed by atoms with van der Waals surface area (Å²) in [6.45, 7) is 6.42. The third-order valence-electron chi connectivity index (χ3n) is 2.66. The van der Waals surface area contributed by atoms with Crippen LogP contribution < -0.4 is 0 Å². The van der Waals surface area contributed by atoms with Gasteiger partial charge in [-0.2, -0.15) is 0 Å². The normalized spacial score (nSPS) is 45.7. The molecule has 1 nitrogen and oxygen atoms in total. The maximum atomic E-state index is 11.8. The molecule has 0 aromatic carbocycles. The van der Waals surface area contributed by atoms with E-state index >= 15 is 0 Å². The molecule has 1 heterocycles. The van der Waals surface area contributed by atoms with Crippen LogP contribution in [0.15, 0.2) is 0 Å². The third-order valence-corrected chi connectivity index (χ3v) is 5.34. The zero-order valence-electron chi connectivity index (χ0n) is 7.84. The van der Waals surface area contributed by atoms with Crippen LogP contribution in [0.1, 0.15) is 26.7 Å². The van der Waals surface area contributed by atoms with Crippen LogP contribution in [0, 0.1) is 11.8 Å². The van der Waals surface area contributed by atoms with Gasteiger partial charge in [0, 0.05) is 12.3 Å². The molecular formula is C9H19OP. The van der Waals surface area contributed by atoms with Crippen LogP contribution >= 0.6 is 7.14 Å². The van der Waals surface area contributed by atoms with Crippen molar-refractivity contribution in [3.8, 4) is 0 Å². The van der Waals surface area contributed by atoms with E-state index in [-0.39, 0.29) is 0 Å². The van der Waals surface area contributed by atoms with Gasteiger partial charge in [0.05, 0.1) is 7.14 Å². The molecule has 0 saturated carbocycles. The highest BCUT2D eigenvalue weighted by Gasteiger charge is 2.29. The van der Waals surface area contributed by atoms with Gasteiger partial charge in [-0.25, -0.2) is 0 Å². The predicted molar refractivity (Wildman–Crippen MR) is 50.8 cm³/mol. The first kappa shape index (κ1) is 9.32. The Bertz CT molecular complexity index is 176. The summed E-state index contributed by atoms with van der Waals surface area (Å²) in [5.41, 5.74) is 0. The lowest BCUT2D eigenvalue weighted by Gasteiger charge is -2.30. The van der Waals surface area contributed by atoms with Gasteiger partial charge >= 0.3 is 0 Å². The van der Waals surface area contributed by atoms with Gasteiger partial charge in [0.25, 0.3) is 0 Å². The molecule has 1 rings (SSSR count). The molecule has 0 aliphatic carbocycles. The second-order valence-electron chi connectivity index (χ2n) is 4.28. The maximum Gasteiger partial charge on any atom is 0.0853 e. The molecule has 1 fully saturated rings. The summed E-state index contributed by atoms with van der Waals surface area (Å²) in [6.07, 6.45) is 4.51. The first-order valence-electron chi connectivity index (χ1n) is 4.59. The van der Waals surface area contributed by atoms with Gasteiger partial charge in [0.1, 0.15) is 0 Å². The van der Waals surface area contributed by atoms with Crippen molar-refractivity contribution in [2.75, 3.05) is 19.0 Å². The summed E-state index contributed by atoms with van der Waals surface area (Å²) in [7, 11) is -1.72. The summed E-state index contributed by atoms with van der Waals surface area (Å²) in [4.78, 5) is 0. The Morgan fingerprint density at radius 1 is 1.45 bits per heavy atom. The fourth-order valence-electron chi connectivity index (χ4n) is 2.29. The number of rotatable bonds is 1. The Kier molecular flexibility index (Phi) is 2.80. The first-order valence-corrected chi connectivity index (χ1v) is 7.11. The van der Waals surface area contributed by atoms with Crippen molar-refractivity contribution < 1.29 is 4.57 Å². The maximum absolute atomic E-state index is 11.8. The summed E-state index contributed by atoms with van der Waals surface area (Å²) >= 11 is 0. The van der Waals surface area contributed by atoms with E-state index in [0.29, 0.717) is 5.92 Å². The molecule has 0 aromatic rings. The largest absolute Gasteiger partial charge is 0.324 e. The molecule has 0 aromatic heterocycles. The lowest BCUT2D eigenvalue weighted by atomic mass is 9.96.